The molecule has 1 aliphatic rings. The van der Waals surface area contributed by atoms with Crippen molar-refractivity contribution in [2.24, 2.45) is 0 Å². The zero-order valence-corrected chi connectivity index (χ0v) is 13.6. The van der Waals surface area contributed by atoms with Crippen LogP contribution in [0.3, 0.4) is 0 Å². The van der Waals surface area contributed by atoms with Gasteiger partial charge in [0.1, 0.15) is 11.7 Å². The Morgan fingerprint density at radius 2 is 2.33 bits per heavy atom. The Labute approximate surface area is 138 Å². The fraction of sp³-hybridized carbons (Fsp3) is 0.438. The summed E-state index contributed by atoms with van der Waals surface area (Å²) >= 11 is 0. The van der Waals surface area contributed by atoms with E-state index in [1.165, 1.54) is 0 Å². The summed E-state index contributed by atoms with van der Waals surface area (Å²) < 4.78 is 7.25. The number of hydrogen-bond donors (Lipinski definition) is 3. The first kappa shape index (κ1) is 16.3. The minimum absolute atomic E-state index is 0.223. The number of imidazole rings is 1. The number of amides is 1. The van der Waals surface area contributed by atoms with E-state index in [0.29, 0.717) is 42.4 Å². The molecule has 0 aromatic carbocycles. The molecule has 2 aromatic rings. The quantitative estimate of drug-likeness (QED) is 0.740. The summed E-state index contributed by atoms with van der Waals surface area (Å²) in [6.45, 7) is 4.60. The van der Waals surface area contributed by atoms with Crippen LogP contribution in [0.15, 0.2) is 18.3 Å². The van der Waals surface area contributed by atoms with Gasteiger partial charge in [0.15, 0.2) is 11.4 Å². The fourth-order valence-corrected chi connectivity index (χ4v) is 2.99. The van der Waals surface area contributed by atoms with Crippen LogP contribution < -0.4 is 15.4 Å². The van der Waals surface area contributed by atoms with Crippen LogP contribution in [0.2, 0.25) is 0 Å². The van der Waals surface area contributed by atoms with Gasteiger partial charge in [-0.05, 0) is 32.4 Å². The SMILES string of the molecule is CCOc1cccn2c(C(=O)N[C@@H]3CN[C@H](C(=O)O)C3)c(C)nc12. The number of aryl methyl sites for hydroxylation is 1. The summed E-state index contributed by atoms with van der Waals surface area (Å²) in [5.74, 6) is -0.554. The third-order valence-corrected chi connectivity index (χ3v) is 4.07. The van der Waals surface area contributed by atoms with E-state index >= 15 is 0 Å². The highest BCUT2D eigenvalue weighted by molar-refractivity contribution is 5.95. The predicted molar refractivity (Wildman–Crippen MR) is 86.4 cm³/mol. The van der Waals surface area contributed by atoms with Crippen LogP contribution >= 0.6 is 0 Å². The third kappa shape index (κ3) is 2.92. The van der Waals surface area contributed by atoms with E-state index in [9.17, 15) is 9.59 Å². The van der Waals surface area contributed by atoms with Crippen molar-refractivity contribution in [2.45, 2.75) is 32.4 Å². The molecule has 3 N–H and O–H groups in total. The molecule has 3 rings (SSSR count). The lowest BCUT2D eigenvalue weighted by atomic mass is 10.1. The average Bonchev–Trinajstić information content (AvgIpc) is 3.12. The fourth-order valence-electron chi connectivity index (χ4n) is 2.99. The second kappa shape index (κ2) is 6.48. The summed E-state index contributed by atoms with van der Waals surface area (Å²) in [7, 11) is 0. The van der Waals surface area contributed by atoms with Gasteiger partial charge in [0, 0.05) is 18.8 Å². The molecule has 3 heterocycles. The van der Waals surface area contributed by atoms with Gasteiger partial charge in [0.2, 0.25) is 0 Å². The molecule has 0 saturated carbocycles. The summed E-state index contributed by atoms with van der Waals surface area (Å²) in [6.07, 6.45) is 2.13. The first-order valence-corrected chi connectivity index (χ1v) is 7.88. The third-order valence-electron chi connectivity index (χ3n) is 4.07. The molecule has 8 nitrogen and oxygen atoms in total. The first-order chi connectivity index (χ1) is 11.5. The molecule has 0 radical (unpaired) electrons. The number of hydrogen-bond acceptors (Lipinski definition) is 5. The van der Waals surface area contributed by atoms with Crippen LogP contribution in [-0.2, 0) is 4.79 Å². The highest BCUT2D eigenvalue weighted by Gasteiger charge is 2.31. The Balaban J connectivity index is 1.84. The summed E-state index contributed by atoms with van der Waals surface area (Å²) in [5.41, 5.74) is 1.63. The number of carbonyl (C=O) groups excluding carboxylic acids is 1. The molecule has 0 aliphatic carbocycles. The van der Waals surface area contributed by atoms with Crippen molar-refractivity contribution in [3.63, 3.8) is 0 Å². The summed E-state index contributed by atoms with van der Waals surface area (Å²) in [4.78, 5) is 28.1. The largest absolute Gasteiger partial charge is 0.490 e. The van der Waals surface area contributed by atoms with Gasteiger partial charge in [-0.15, -0.1) is 0 Å². The molecule has 1 fully saturated rings. The van der Waals surface area contributed by atoms with Gasteiger partial charge in [0.25, 0.3) is 5.91 Å². The maximum atomic E-state index is 12.7. The van der Waals surface area contributed by atoms with Crippen molar-refractivity contribution < 1.29 is 19.4 Å². The number of nitrogens with zero attached hydrogens (tertiary/aromatic N) is 2. The van der Waals surface area contributed by atoms with E-state index in [1.54, 1.807) is 23.6 Å². The monoisotopic (exact) mass is 332 g/mol. The standard InChI is InChI=1S/C16H20N4O4/c1-3-24-12-5-4-6-20-13(9(2)18-14(12)20)15(21)19-10-7-11(16(22)23)17-8-10/h4-6,10-11,17H,3,7-8H2,1-2H3,(H,19,21)(H,22,23)/t10-,11-/m0/s1. The van der Waals surface area contributed by atoms with Gasteiger partial charge in [-0.25, -0.2) is 4.98 Å². The number of pyridine rings is 1. The second-order valence-electron chi connectivity index (χ2n) is 5.75. The van der Waals surface area contributed by atoms with Crippen LogP contribution in [-0.4, -0.2) is 51.6 Å². The molecule has 0 spiro atoms. The lowest BCUT2D eigenvalue weighted by molar-refractivity contribution is -0.139. The Morgan fingerprint density at radius 1 is 1.54 bits per heavy atom. The molecule has 2 atom stereocenters. The van der Waals surface area contributed by atoms with Crippen LogP contribution in [0.25, 0.3) is 5.65 Å². The Hall–Kier alpha value is -2.61. The van der Waals surface area contributed by atoms with E-state index < -0.39 is 12.0 Å². The number of carboxylic acids is 1. The topological polar surface area (TPSA) is 105 Å². The van der Waals surface area contributed by atoms with Gasteiger partial charge >= 0.3 is 5.97 Å². The maximum Gasteiger partial charge on any atom is 0.320 e. The van der Waals surface area contributed by atoms with E-state index in [4.69, 9.17) is 9.84 Å². The summed E-state index contributed by atoms with van der Waals surface area (Å²) in [5, 5.41) is 14.8. The van der Waals surface area contributed by atoms with E-state index in [2.05, 4.69) is 15.6 Å². The molecular formula is C16H20N4O4. The lowest BCUT2D eigenvalue weighted by Gasteiger charge is -2.12. The zero-order valence-electron chi connectivity index (χ0n) is 13.6. The second-order valence-corrected chi connectivity index (χ2v) is 5.75. The van der Waals surface area contributed by atoms with Crippen molar-refractivity contribution in [3.05, 3.63) is 29.7 Å². The van der Waals surface area contributed by atoms with Crippen molar-refractivity contribution in [2.75, 3.05) is 13.2 Å². The highest BCUT2D eigenvalue weighted by Crippen LogP contribution is 2.22. The lowest BCUT2D eigenvalue weighted by Crippen LogP contribution is -2.37. The molecule has 0 unspecified atom stereocenters. The van der Waals surface area contributed by atoms with Gasteiger partial charge in [-0.1, -0.05) is 0 Å². The molecule has 128 valence electrons. The number of ether oxygens (including phenoxy) is 1. The molecule has 8 heteroatoms. The van der Waals surface area contributed by atoms with Crippen molar-refractivity contribution >= 4 is 17.5 Å². The number of carboxylic acid groups (broad SMARTS) is 1. The van der Waals surface area contributed by atoms with Crippen LogP contribution in [0, 0.1) is 6.92 Å². The number of fused-ring (bicyclic) bond motifs is 1. The molecular weight excluding hydrogens is 312 g/mol. The maximum absolute atomic E-state index is 12.7. The molecule has 2 aromatic heterocycles. The van der Waals surface area contributed by atoms with E-state index in [1.807, 2.05) is 13.0 Å². The highest BCUT2D eigenvalue weighted by atomic mass is 16.5. The Morgan fingerprint density at radius 3 is 3.00 bits per heavy atom. The van der Waals surface area contributed by atoms with Crippen molar-refractivity contribution in [1.82, 2.24) is 20.0 Å². The molecule has 24 heavy (non-hydrogen) atoms. The number of aliphatic carboxylic acids is 1. The Kier molecular flexibility index (Phi) is 4.39. The molecule has 1 saturated heterocycles. The minimum Gasteiger partial charge on any atom is -0.490 e. The predicted octanol–water partition coefficient (Wildman–Crippen LogP) is 0.586. The van der Waals surface area contributed by atoms with Crippen molar-refractivity contribution in [3.8, 4) is 5.75 Å². The van der Waals surface area contributed by atoms with Crippen LogP contribution in [0.1, 0.15) is 29.5 Å². The first-order valence-electron chi connectivity index (χ1n) is 7.88. The van der Waals surface area contributed by atoms with Gasteiger partial charge < -0.3 is 20.5 Å². The summed E-state index contributed by atoms with van der Waals surface area (Å²) in [6, 6.07) is 2.76. The van der Waals surface area contributed by atoms with Crippen LogP contribution in [0.5, 0.6) is 5.75 Å². The Bertz CT molecular complexity index is 786. The number of aromatic nitrogens is 2. The molecule has 0 bridgehead atoms. The minimum atomic E-state index is -0.904. The van der Waals surface area contributed by atoms with Crippen LogP contribution in [0.4, 0.5) is 0 Å². The van der Waals surface area contributed by atoms with Crippen molar-refractivity contribution in [1.29, 1.82) is 0 Å². The molecule has 1 aliphatic heterocycles. The van der Waals surface area contributed by atoms with Gasteiger partial charge in [0.05, 0.1) is 12.3 Å². The molecule has 1 amide bonds. The number of rotatable bonds is 5. The van der Waals surface area contributed by atoms with E-state index in [-0.39, 0.29) is 11.9 Å². The number of carbonyl (C=O) groups is 2. The zero-order chi connectivity index (χ0) is 17.3. The smallest absolute Gasteiger partial charge is 0.320 e. The van der Waals surface area contributed by atoms with E-state index in [0.717, 1.165) is 0 Å². The normalized spacial score (nSPS) is 20.2. The van der Waals surface area contributed by atoms with Gasteiger partial charge in [-0.3, -0.25) is 14.0 Å². The number of nitrogens with one attached hydrogen (secondary N) is 2. The van der Waals surface area contributed by atoms with Gasteiger partial charge in [-0.2, -0.15) is 0 Å². The average molecular weight is 332 g/mol.